The number of carbonyl (C=O) groups excluding carboxylic acids is 3. The number of hydrogen-bond acceptors (Lipinski definition) is 7. The molecule has 1 aliphatic rings. The minimum Gasteiger partial charge on any atom is -0.444 e. The summed E-state index contributed by atoms with van der Waals surface area (Å²) >= 11 is 6.50. The van der Waals surface area contributed by atoms with Crippen molar-refractivity contribution in [1.29, 1.82) is 0 Å². The molecular formula is C28H33ClFN5O5. The number of unbranched alkanes of at least 4 members (excludes halogenated alkanes) is 2. The van der Waals surface area contributed by atoms with Crippen molar-refractivity contribution < 1.29 is 27.9 Å². The van der Waals surface area contributed by atoms with E-state index in [1.807, 2.05) is 0 Å². The number of benzene rings is 1. The van der Waals surface area contributed by atoms with Gasteiger partial charge in [-0.3, -0.25) is 9.59 Å². The predicted molar refractivity (Wildman–Crippen MR) is 145 cm³/mol. The molecule has 2 aromatic heterocycles. The Bertz CT molecular complexity index is 1310. The second-order valence-corrected chi connectivity index (χ2v) is 11.2. The summed E-state index contributed by atoms with van der Waals surface area (Å²) in [6.45, 7) is 5.88. The van der Waals surface area contributed by atoms with Crippen LogP contribution in [-0.2, 0) is 9.53 Å². The van der Waals surface area contributed by atoms with Crippen LogP contribution in [0.4, 0.5) is 9.18 Å². The van der Waals surface area contributed by atoms with Crippen LogP contribution in [-0.4, -0.2) is 56.3 Å². The highest BCUT2D eigenvalue weighted by Crippen LogP contribution is 2.30. The molecule has 3 heterocycles. The molecule has 0 bridgehead atoms. The Morgan fingerprint density at radius 1 is 1.20 bits per heavy atom. The number of ether oxygens (including phenoxy) is 1. The Balaban J connectivity index is 1.39. The van der Waals surface area contributed by atoms with Gasteiger partial charge in [-0.25, -0.2) is 19.2 Å². The number of aromatic nitrogens is 3. The molecule has 0 saturated carbocycles. The lowest BCUT2D eigenvalue weighted by atomic mass is 9.98. The Hall–Kier alpha value is -3.73. The van der Waals surface area contributed by atoms with Crippen molar-refractivity contribution >= 4 is 29.4 Å². The third-order valence-corrected chi connectivity index (χ3v) is 6.73. The Morgan fingerprint density at radius 2 is 1.93 bits per heavy atom. The normalized spacial score (nSPS) is 14.5. The van der Waals surface area contributed by atoms with E-state index in [1.165, 1.54) is 29.5 Å². The van der Waals surface area contributed by atoms with Crippen molar-refractivity contribution in [3.63, 3.8) is 0 Å². The van der Waals surface area contributed by atoms with Crippen molar-refractivity contribution in [1.82, 2.24) is 25.2 Å². The van der Waals surface area contributed by atoms with Crippen LogP contribution < -0.4 is 5.32 Å². The molecule has 1 aromatic carbocycles. The van der Waals surface area contributed by atoms with Gasteiger partial charge >= 0.3 is 6.09 Å². The zero-order valence-electron chi connectivity index (χ0n) is 22.7. The van der Waals surface area contributed by atoms with Crippen LogP contribution in [0, 0.1) is 11.7 Å². The van der Waals surface area contributed by atoms with E-state index in [0.717, 1.165) is 6.42 Å². The van der Waals surface area contributed by atoms with Crippen LogP contribution in [0.25, 0.3) is 11.4 Å². The molecule has 0 unspecified atom stereocenters. The maximum absolute atomic E-state index is 13.4. The molecule has 10 nitrogen and oxygen atoms in total. The molecular weight excluding hydrogens is 541 g/mol. The van der Waals surface area contributed by atoms with Gasteiger partial charge in [0.1, 0.15) is 23.5 Å². The number of nitrogens with one attached hydrogen (secondary N) is 2. The van der Waals surface area contributed by atoms with Gasteiger partial charge < -0.3 is 24.4 Å². The predicted octanol–water partition coefficient (Wildman–Crippen LogP) is 5.71. The number of oxazole rings is 1. The summed E-state index contributed by atoms with van der Waals surface area (Å²) in [5.74, 6) is -0.562. The Kier molecular flexibility index (Phi) is 9.24. The largest absolute Gasteiger partial charge is 0.444 e. The highest BCUT2D eigenvalue weighted by atomic mass is 35.5. The average molecular weight is 574 g/mol. The van der Waals surface area contributed by atoms with Gasteiger partial charge in [0.2, 0.25) is 11.7 Å². The summed E-state index contributed by atoms with van der Waals surface area (Å²) in [5, 5.41) is 3.26. The number of ketones is 1. The molecule has 12 heteroatoms. The van der Waals surface area contributed by atoms with Crippen molar-refractivity contribution in [3.8, 4) is 11.4 Å². The molecule has 4 rings (SSSR count). The van der Waals surface area contributed by atoms with Gasteiger partial charge in [-0.2, -0.15) is 0 Å². The smallest absolute Gasteiger partial charge is 0.410 e. The van der Waals surface area contributed by atoms with Crippen LogP contribution in [0.3, 0.4) is 0 Å². The molecule has 2 amide bonds. The van der Waals surface area contributed by atoms with Gasteiger partial charge in [-0.15, -0.1) is 0 Å². The molecule has 0 spiro atoms. The van der Waals surface area contributed by atoms with Gasteiger partial charge in [-0.05, 0) is 57.9 Å². The number of rotatable bonds is 11. The summed E-state index contributed by atoms with van der Waals surface area (Å²) in [4.78, 5) is 50.5. The summed E-state index contributed by atoms with van der Waals surface area (Å²) in [6.07, 6.45) is 5.24. The minimum atomic E-state index is -0.617. The standard InChI is InChI=1S/C28H33ClFN5O5/c1-28(2,3)40-27(38)35-15-18(16-35)25(37)32-20(7-5-4-6-8-21(36)26-31-13-14-39-26)22-23(29)34-24(33-22)17-9-11-19(30)12-10-17/h9-14,18,20H,4-8,15-16H2,1-3H3,(H,32,37)(H,33,34)/t20-/m0/s1. The first kappa shape index (κ1) is 29.3. The number of nitrogens with zero attached hydrogens (tertiary/aromatic N) is 3. The van der Waals surface area contributed by atoms with E-state index in [-0.39, 0.29) is 47.6 Å². The van der Waals surface area contributed by atoms with Crippen LogP contribution >= 0.6 is 11.6 Å². The number of likely N-dealkylation sites (tertiary alicyclic amines) is 1. The van der Waals surface area contributed by atoms with E-state index < -0.39 is 17.7 Å². The van der Waals surface area contributed by atoms with Crippen LogP contribution in [0.5, 0.6) is 0 Å². The quantitative estimate of drug-likeness (QED) is 0.222. The topological polar surface area (TPSA) is 130 Å². The zero-order chi connectivity index (χ0) is 28.9. The van der Waals surface area contributed by atoms with Crippen LogP contribution in [0.2, 0.25) is 5.15 Å². The Morgan fingerprint density at radius 3 is 2.58 bits per heavy atom. The molecule has 2 N–H and O–H groups in total. The molecule has 1 saturated heterocycles. The van der Waals surface area contributed by atoms with Crippen LogP contribution in [0.1, 0.15) is 75.3 Å². The average Bonchev–Trinajstić information content (AvgIpc) is 3.52. The fourth-order valence-corrected chi connectivity index (χ4v) is 4.58. The number of Topliss-reactive ketones (excluding diaryl/α,β-unsaturated/α-hetero) is 1. The fraction of sp³-hybridized carbons (Fsp3) is 0.464. The van der Waals surface area contributed by atoms with Gasteiger partial charge in [0.05, 0.1) is 23.9 Å². The van der Waals surface area contributed by atoms with Gasteiger partial charge in [0.15, 0.2) is 5.15 Å². The van der Waals surface area contributed by atoms with Crippen molar-refractivity contribution in [2.45, 2.75) is 64.5 Å². The van der Waals surface area contributed by atoms with E-state index in [4.69, 9.17) is 20.8 Å². The molecule has 1 fully saturated rings. The molecule has 40 heavy (non-hydrogen) atoms. The third kappa shape index (κ3) is 7.68. The molecule has 1 aliphatic heterocycles. The Labute approximate surface area is 236 Å². The second-order valence-electron chi connectivity index (χ2n) is 10.8. The molecule has 214 valence electrons. The van der Waals surface area contributed by atoms with Gasteiger partial charge in [0.25, 0.3) is 5.89 Å². The van der Waals surface area contributed by atoms with E-state index in [0.29, 0.717) is 42.8 Å². The first-order chi connectivity index (χ1) is 19.0. The van der Waals surface area contributed by atoms with E-state index in [1.54, 1.807) is 32.9 Å². The molecule has 0 radical (unpaired) electrons. The van der Waals surface area contributed by atoms with Crippen molar-refractivity contribution in [2.75, 3.05) is 13.1 Å². The number of halogens is 2. The van der Waals surface area contributed by atoms with E-state index in [2.05, 4.69) is 20.3 Å². The zero-order valence-corrected chi connectivity index (χ0v) is 23.5. The number of hydrogen-bond donors (Lipinski definition) is 2. The first-order valence-electron chi connectivity index (χ1n) is 13.2. The maximum Gasteiger partial charge on any atom is 0.410 e. The second kappa shape index (κ2) is 12.6. The van der Waals surface area contributed by atoms with Gasteiger partial charge in [-0.1, -0.05) is 24.4 Å². The molecule has 1 atom stereocenters. The highest BCUT2D eigenvalue weighted by Gasteiger charge is 2.38. The van der Waals surface area contributed by atoms with Gasteiger partial charge in [0, 0.05) is 25.1 Å². The summed E-state index contributed by atoms with van der Waals surface area (Å²) < 4.78 is 23.8. The number of amides is 2. The first-order valence-corrected chi connectivity index (χ1v) is 13.6. The number of carbonyl (C=O) groups is 3. The number of aromatic amines is 1. The molecule has 3 aromatic rings. The van der Waals surface area contributed by atoms with Crippen molar-refractivity contribution in [3.05, 3.63) is 59.3 Å². The monoisotopic (exact) mass is 573 g/mol. The lowest BCUT2D eigenvalue weighted by Gasteiger charge is -2.39. The highest BCUT2D eigenvalue weighted by molar-refractivity contribution is 6.30. The third-order valence-electron chi connectivity index (χ3n) is 6.44. The minimum absolute atomic E-state index is 0.101. The fourth-order valence-electron chi connectivity index (χ4n) is 4.32. The number of imidazole rings is 1. The lowest BCUT2D eigenvalue weighted by molar-refractivity contribution is -0.130. The summed E-state index contributed by atoms with van der Waals surface area (Å²) in [6, 6.07) is 5.35. The number of H-pyrrole nitrogens is 1. The van der Waals surface area contributed by atoms with Crippen molar-refractivity contribution in [2.24, 2.45) is 5.92 Å². The van der Waals surface area contributed by atoms with E-state index >= 15 is 0 Å². The lowest BCUT2D eigenvalue weighted by Crippen LogP contribution is -2.57. The van der Waals surface area contributed by atoms with E-state index in [9.17, 15) is 18.8 Å². The van der Waals surface area contributed by atoms with Crippen LogP contribution in [0.15, 0.2) is 41.1 Å². The summed E-state index contributed by atoms with van der Waals surface area (Å²) in [5.41, 5.74) is 0.569. The summed E-state index contributed by atoms with van der Waals surface area (Å²) in [7, 11) is 0. The molecule has 0 aliphatic carbocycles. The maximum atomic E-state index is 13.4. The SMILES string of the molecule is CC(C)(C)OC(=O)N1CC(C(=O)N[C@@H](CCCCCC(=O)c2ncco2)c2[nH]c(-c3ccc(F)cc3)nc2Cl)C1.